The molecule has 0 saturated heterocycles. The second-order valence-corrected chi connectivity index (χ2v) is 11.8. The molecule has 0 aliphatic carbocycles. The van der Waals surface area contributed by atoms with Gasteiger partial charge in [-0.1, -0.05) is 60.8 Å². The summed E-state index contributed by atoms with van der Waals surface area (Å²) in [6.07, 6.45) is 2.07. The minimum atomic E-state index is -3.86. The lowest BCUT2D eigenvalue weighted by Gasteiger charge is -2.33. The van der Waals surface area contributed by atoms with E-state index in [9.17, 15) is 18.0 Å². The van der Waals surface area contributed by atoms with Crippen molar-refractivity contribution in [3.8, 4) is 0 Å². The van der Waals surface area contributed by atoms with Crippen LogP contribution in [0.5, 0.6) is 0 Å². The van der Waals surface area contributed by atoms with Gasteiger partial charge in [-0.15, -0.1) is 0 Å². The highest BCUT2D eigenvalue weighted by Crippen LogP contribution is 2.29. The Labute approximate surface area is 228 Å². The summed E-state index contributed by atoms with van der Waals surface area (Å²) in [5, 5.41) is 3.97. The third-order valence-electron chi connectivity index (χ3n) is 5.91. The zero-order chi connectivity index (χ0) is 27.2. The van der Waals surface area contributed by atoms with Crippen molar-refractivity contribution in [1.82, 2.24) is 10.2 Å². The first-order valence-corrected chi connectivity index (χ1v) is 14.5. The molecule has 198 valence electrons. The van der Waals surface area contributed by atoms with E-state index in [-0.39, 0.29) is 18.5 Å². The quantitative estimate of drug-likeness (QED) is 0.386. The second kappa shape index (κ2) is 13.0. The molecule has 0 heterocycles. The average molecular weight is 577 g/mol. The van der Waals surface area contributed by atoms with Crippen molar-refractivity contribution in [1.29, 1.82) is 0 Å². The van der Waals surface area contributed by atoms with E-state index in [4.69, 9.17) is 34.8 Å². The number of rotatable bonds is 11. The van der Waals surface area contributed by atoms with Gasteiger partial charge in [-0.2, -0.15) is 0 Å². The van der Waals surface area contributed by atoms with E-state index in [0.717, 1.165) is 17.0 Å². The van der Waals surface area contributed by atoms with Gasteiger partial charge in [0, 0.05) is 17.6 Å². The number of anilines is 1. The van der Waals surface area contributed by atoms with Gasteiger partial charge in [0.1, 0.15) is 12.6 Å². The van der Waals surface area contributed by atoms with Crippen molar-refractivity contribution >= 4 is 62.3 Å². The van der Waals surface area contributed by atoms with Crippen LogP contribution in [0.2, 0.25) is 15.1 Å². The summed E-state index contributed by atoms with van der Waals surface area (Å²) in [5.41, 5.74) is 1.47. The highest BCUT2D eigenvalue weighted by atomic mass is 35.5. The third-order valence-corrected chi connectivity index (χ3v) is 8.19. The van der Waals surface area contributed by atoms with Crippen LogP contribution >= 0.6 is 34.8 Å². The lowest BCUT2D eigenvalue weighted by atomic mass is 10.1. The van der Waals surface area contributed by atoms with Crippen LogP contribution < -0.4 is 9.62 Å². The fourth-order valence-corrected chi connectivity index (χ4v) is 5.05. The first-order valence-electron chi connectivity index (χ1n) is 11.6. The van der Waals surface area contributed by atoms with Crippen molar-refractivity contribution in [2.75, 3.05) is 17.1 Å². The molecule has 0 aliphatic heterocycles. The number of carbonyl (C=O) groups excluding carboxylic acids is 2. The van der Waals surface area contributed by atoms with Gasteiger partial charge < -0.3 is 10.2 Å². The lowest BCUT2D eigenvalue weighted by molar-refractivity contribution is -0.140. The van der Waals surface area contributed by atoms with Crippen LogP contribution in [-0.2, 0) is 26.2 Å². The van der Waals surface area contributed by atoms with Gasteiger partial charge in [0.25, 0.3) is 0 Å². The first-order chi connectivity index (χ1) is 16.8. The van der Waals surface area contributed by atoms with Crippen LogP contribution in [0.25, 0.3) is 0 Å². The van der Waals surface area contributed by atoms with Crippen molar-refractivity contribution in [2.24, 2.45) is 0 Å². The predicted octanol–water partition coefficient (Wildman–Crippen LogP) is 5.44. The van der Waals surface area contributed by atoms with Gasteiger partial charge in [0.15, 0.2) is 0 Å². The summed E-state index contributed by atoms with van der Waals surface area (Å²) in [7, 11) is -3.86. The number of amides is 2. The highest BCUT2D eigenvalue weighted by Gasteiger charge is 2.32. The van der Waals surface area contributed by atoms with Crippen LogP contribution in [0.3, 0.4) is 0 Å². The van der Waals surface area contributed by atoms with Crippen LogP contribution in [0.4, 0.5) is 5.69 Å². The molecule has 11 heteroatoms. The number of carbonyl (C=O) groups is 2. The normalized spacial score (nSPS) is 13.1. The van der Waals surface area contributed by atoms with Crippen molar-refractivity contribution in [3.05, 3.63) is 62.6 Å². The molecule has 2 aromatic rings. The van der Waals surface area contributed by atoms with E-state index in [0.29, 0.717) is 38.3 Å². The molecule has 2 amide bonds. The summed E-state index contributed by atoms with van der Waals surface area (Å²) < 4.78 is 26.5. The topological polar surface area (TPSA) is 86.8 Å². The third kappa shape index (κ3) is 7.75. The van der Waals surface area contributed by atoms with Gasteiger partial charge in [0.2, 0.25) is 21.8 Å². The zero-order valence-corrected chi connectivity index (χ0v) is 24.1. The van der Waals surface area contributed by atoms with E-state index in [1.165, 1.54) is 4.90 Å². The maximum atomic E-state index is 13.7. The van der Waals surface area contributed by atoms with Crippen LogP contribution in [0.1, 0.15) is 44.7 Å². The minimum absolute atomic E-state index is 0.0360. The Balaban J connectivity index is 2.51. The number of hydrogen-bond acceptors (Lipinski definition) is 4. The van der Waals surface area contributed by atoms with Gasteiger partial charge in [0.05, 0.1) is 22.0 Å². The Morgan fingerprint density at radius 3 is 2.22 bits per heavy atom. The van der Waals surface area contributed by atoms with E-state index in [2.05, 4.69) is 5.32 Å². The number of nitrogens with zero attached hydrogens (tertiary/aromatic N) is 2. The summed E-state index contributed by atoms with van der Waals surface area (Å²) >= 11 is 18.5. The fourth-order valence-electron chi connectivity index (χ4n) is 3.66. The zero-order valence-electron chi connectivity index (χ0n) is 21.0. The Kier molecular flexibility index (Phi) is 10.9. The molecule has 0 fully saturated rings. The van der Waals surface area contributed by atoms with Crippen LogP contribution in [-0.4, -0.2) is 50.0 Å². The smallest absolute Gasteiger partial charge is 0.244 e. The van der Waals surface area contributed by atoms with Crippen molar-refractivity contribution in [3.63, 3.8) is 0 Å². The predicted molar refractivity (Wildman–Crippen MR) is 147 cm³/mol. The second-order valence-electron chi connectivity index (χ2n) is 8.67. The Morgan fingerprint density at radius 1 is 1.00 bits per heavy atom. The molecule has 0 aromatic heterocycles. The monoisotopic (exact) mass is 575 g/mol. The molecular formula is C25H32Cl3N3O4S. The first kappa shape index (κ1) is 30.2. The van der Waals surface area contributed by atoms with E-state index in [1.807, 2.05) is 13.8 Å². The molecule has 0 unspecified atom stereocenters. The number of benzene rings is 2. The molecule has 0 spiro atoms. The van der Waals surface area contributed by atoms with E-state index < -0.39 is 28.5 Å². The van der Waals surface area contributed by atoms with E-state index >= 15 is 0 Å². The van der Waals surface area contributed by atoms with E-state index in [1.54, 1.807) is 50.2 Å². The van der Waals surface area contributed by atoms with Crippen molar-refractivity contribution < 1.29 is 18.0 Å². The summed E-state index contributed by atoms with van der Waals surface area (Å²) in [6.45, 7) is 6.83. The minimum Gasteiger partial charge on any atom is -0.352 e. The molecule has 1 N–H and O–H groups in total. The Hall–Kier alpha value is -2.00. The van der Waals surface area contributed by atoms with Crippen molar-refractivity contribution in [2.45, 2.75) is 59.2 Å². The molecule has 36 heavy (non-hydrogen) atoms. The largest absolute Gasteiger partial charge is 0.352 e. The highest BCUT2D eigenvalue weighted by molar-refractivity contribution is 7.92. The summed E-state index contributed by atoms with van der Waals surface area (Å²) in [5.74, 6) is -0.859. The Bertz CT molecular complexity index is 1210. The molecule has 2 rings (SSSR count). The molecule has 2 aromatic carbocycles. The number of nitrogens with one attached hydrogen (secondary N) is 1. The number of hydrogen-bond donors (Lipinski definition) is 1. The number of sulfonamides is 1. The van der Waals surface area contributed by atoms with Gasteiger partial charge in [-0.3, -0.25) is 13.9 Å². The van der Waals surface area contributed by atoms with Gasteiger partial charge in [-0.25, -0.2) is 8.42 Å². The SMILES string of the molecule is CC[C@H](C(=O)N[C@@H](C)CC)N(Cc1ccc(Cl)c(Cl)c1)C(=O)CN(c1cccc(Cl)c1C)S(C)(=O)=O. The Morgan fingerprint density at radius 2 is 1.67 bits per heavy atom. The average Bonchev–Trinajstić information content (AvgIpc) is 2.80. The molecule has 0 saturated carbocycles. The maximum absolute atomic E-state index is 13.7. The molecule has 0 aliphatic rings. The fraction of sp³-hybridized carbons (Fsp3) is 0.440. The lowest BCUT2D eigenvalue weighted by Crippen LogP contribution is -2.53. The van der Waals surface area contributed by atoms with Gasteiger partial charge in [-0.05, 0) is 62.1 Å². The summed E-state index contributed by atoms with van der Waals surface area (Å²) in [6, 6.07) is 8.88. The summed E-state index contributed by atoms with van der Waals surface area (Å²) in [4.78, 5) is 28.3. The maximum Gasteiger partial charge on any atom is 0.244 e. The van der Waals surface area contributed by atoms with Gasteiger partial charge >= 0.3 is 0 Å². The standard InChI is InChI=1S/C25H32Cl3N3O4S/c1-6-16(3)29-25(33)22(7-2)30(14-18-11-12-20(27)21(28)13-18)24(32)15-31(36(5,34)35)23-10-8-9-19(26)17(23)4/h8-13,16,22H,6-7,14-15H2,1-5H3,(H,29,33)/t16-,22+/m0/s1. The molecular weight excluding hydrogens is 545 g/mol. The van der Waals surface area contributed by atoms with Crippen LogP contribution in [0, 0.1) is 6.92 Å². The molecule has 0 radical (unpaired) electrons. The number of halogens is 3. The molecule has 2 atom stereocenters. The van der Waals surface area contributed by atoms with Crippen LogP contribution in [0.15, 0.2) is 36.4 Å². The molecule has 0 bridgehead atoms. The molecule has 7 nitrogen and oxygen atoms in total.